The number of benzene rings is 3. The van der Waals surface area contributed by atoms with Gasteiger partial charge in [-0.3, -0.25) is 14.4 Å². The summed E-state index contributed by atoms with van der Waals surface area (Å²) in [6.45, 7) is 8.22. The van der Waals surface area contributed by atoms with Gasteiger partial charge in [0.25, 0.3) is 0 Å². The third-order valence-corrected chi connectivity index (χ3v) is 6.78. The van der Waals surface area contributed by atoms with Gasteiger partial charge >= 0.3 is 18.0 Å². The van der Waals surface area contributed by atoms with Gasteiger partial charge in [-0.2, -0.15) is 0 Å². The molecule has 0 aliphatic rings. The van der Waals surface area contributed by atoms with Crippen molar-refractivity contribution in [2.75, 3.05) is 0 Å². The Balaban J connectivity index is 1.88. The minimum absolute atomic E-state index is 0.000964. The molecule has 0 bridgehead atoms. The summed E-state index contributed by atoms with van der Waals surface area (Å²) >= 11 is 0. The monoisotopic (exact) mass is 619 g/mol. The smallest absolute Gasteiger partial charge is 0.408 e. The molecular formula is C34H41N3O8. The zero-order chi connectivity index (χ0) is 33.1. The van der Waals surface area contributed by atoms with Gasteiger partial charge in [0.2, 0.25) is 11.8 Å². The van der Waals surface area contributed by atoms with E-state index < -0.39 is 65.9 Å². The molecule has 11 nitrogen and oxygen atoms in total. The lowest BCUT2D eigenvalue weighted by molar-refractivity contribution is -0.156. The van der Waals surface area contributed by atoms with E-state index in [9.17, 15) is 29.1 Å². The average Bonchev–Trinajstić information content (AvgIpc) is 2.97. The van der Waals surface area contributed by atoms with Crippen LogP contribution >= 0.6 is 0 Å². The van der Waals surface area contributed by atoms with E-state index in [0.29, 0.717) is 5.56 Å². The van der Waals surface area contributed by atoms with Crippen LogP contribution in [0.1, 0.15) is 52.2 Å². The van der Waals surface area contributed by atoms with Crippen molar-refractivity contribution in [3.05, 3.63) is 83.9 Å². The summed E-state index contributed by atoms with van der Waals surface area (Å²) in [4.78, 5) is 64.6. The number of rotatable bonds is 13. The number of amides is 3. The number of carboxylic acids is 1. The summed E-state index contributed by atoms with van der Waals surface area (Å²) in [5.74, 6) is -4.01. The van der Waals surface area contributed by atoms with Crippen molar-refractivity contribution in [1.29, 1.82) is 0 Å². The quantitative estimate of drug-likeness (QED) is 0.208. The van der Waals surface area contributed by atoms with E-state index in [1.54, 1.807) is 58.9 Å². The highest BCUT2D eigenvalue weighted by Gasteiger charge is 2.33. The Morgan fingerprint density at radius 2 is 1.40 bits per heavy atom. The number of hydrogen-bond acceptors (Lipinski definition) is 7. The lowest BCUT2D eigenvalue weighted by atomic mass is 9.97. The van der Waals surface area contributed by atoms with Crippen LogP contribution in [0.4, 0.5) is 4.79 Å². The van der Waals surface area contributed by atoms with Crippen LogP contribution in [0, 0.1) is 5.92 Å². The predicted octanol–water partition coefficient (Wildman–Crippen LogP) is 4.12. The van der Waals surface area contributed by atoms with Gasteiger partial charge in [0.1, 0.15) is 30.3 Å². The molecule has 3 rings (SSSR count). The third kappa shape index (κ3) is 10.9. The second-order valence-electron chi connectivity index (χ2n) is 12.0. The van der Waals surface area contributed by atoms with Crippen LogP contribution in [0.5, 0.6) is 0 Å². The Morgan fingerprint density at radius 3 is 2.04 bits per heavy atom. The standard InChI is InChI=1S/C34H41N3O8/c1-21(2)29(32(41)42)37-31(40)26(18-24-16-11-15-23-14-9-10-17-25(23)24)35-30(39)27(19-28(38)45-34(3,4)5)36-33(43)44-20-22-12-7-6-8-13-22/h6-17,21,26-27,29H,18-20H2,1-5H3,(H,35,39)(H,36,43)(H,37,40)(H,41,42)/t26?,27-,29-/m0/s1. The molecule has 0 fully saturated rings. The summed E-state index contributed by atoms with van der Waals surface area (Å²) in [6, 6.07) is 18.0. The fraction of sp³-hybridized carbons (Fsp3) is 0.382. The number of ether oxygens (including phenoxy) is 2. The first-order chi connectivity index (χ1) is 21.2. The fourth-order valence-corrected chi connectivity index (χ4v) is 4.61. The molecule has 11 heteroatoms. The lowest BCUT2D eigenvalue weighted by Crippen LogP contribution is -2.57. The average molecular weight is 620 g/mol. The molecule has 3 atom stereocenters. The largest absolute Gasteiger partial charge is 0.480 e. The van der Waals surface area contributed by atoms with E-state index in [-0.39, 0.29) is 13.0 Å². The molecule has 0 aliphatic carbocycles. The molecule has 3 aromatic rings. The molecule has 0 aromatic heterocycles. The van der Waals surface area contributed by atoms with Gasteiger partial charge in [-0.25, -0.2) is 9.59 Å². The van der Waals surface area contributed by atoms with Crippen LogP contribution in [0.3, 0.4) is 0 Å². The van der Waals surface area contributed by atoms with Crippen molar-refractivity contribution in [3.63, 3.8) is 0 Å². The zero-order valence-electron chi connectivity index (χ0n) is 26.2. The van der Waals surface area contributed by atoms with E-state index in [2.05, 4.69) is 16.0 Å². The molecule has 3 amide bonds. The molecule has 45 heavy (non-hydrogen) atoms. The van der Waals surface area contributed by atoms with Crippen molar-refractivity contribution >= 4 is 40.6 Å². The number of carboxylic acid groups (broad SMARTS) is 1. The van der Waals surface area contributed by atoms with Gasteiger partial charge < -0.3 is 30.5 Å². The number of alkyl carbamates (subject to hydrolysis) is 1. The normalized spacial score (nSPS) is 13.3. The summed E-state index contributed by atoms with van der Waals surface area (Å²) in [6.07, 6.45) is -1.50. The number of esters is 1. The molecule has 0 saturated heterocycles. The SMILES string of the molecule is CC(C)[C@H](NC(=O)C(Cc1cccc2ccccc12)NC(=O)[C@H](CC(=O)OC(C)(C)C)NC(=O)OCc1ccccc1)C(=O)O. The fourth-order valence-electron chi connectivity index (χ4n) is 4.61. The molecule has 0 aliphatic heterocycles. The maximum atomic E-state index is 13.7. The van der Waals surface area contributed by atoms with E-state index in [4.69, 9.17) is 9.47 Å². The minimum Gasteiger partial charge on any atom is -0.480 e. The molecular weight excluding hydrogens is 578 g/mol. The number of aliphatic carboxylic acids is 1. The lowest BCUT2D eigenvalue weighted by Gasteiger charge is -2.26. The number of carbonyl (C=O) groups excluding carboxylic acids is 4. The molecule has 240 valence electrons. The predicted molar refractivity (Wildman–Crippen MR) is 168 cm³/mol. The van der Waals surface area contributed by atoms with E-state index in [1.165, 1.54) is 0 Å². The summed E-state index contributed by atoms with van der Waals surface area (Å²) < 4.78 is 10.6. The molecule has 3 aromatic carbocycles. The highest BCUT2D eigenvalue weighted by Crippen LogP contribution is 2.20. The van der Waals surface area contributed by atoms with Gasteiger partial charge in [-0.1, -0.05) is 86.6 Å². The first-order valence-electron chi connectivity index (χ1n) is 14.7. The maximum absolute atomic E-state index is 13.7. The molecule has 0 heterocycles. The van der Waals surface area contributed by atoms with Crippen molar-refractivity contribution in [1.82, 2.24) is 16.0 Å². The molecule has 0 radical (unpaired) electrons. The highest BCUT2D eigenvalue weighted by molar-refractivity contribution is 5.95. The first kappa shape index (κ1) is 34.6. The van der Waals surface area contributed by atoms with Crippen molar-refractivity contribution in [3.8, 4) is 0 Å². The van der Waals surface area contributed by atoms with Crippen LogP contribution in [0.2, 0.25) is 0 Å². The Labute approximate surface area is 262 Å². The molecule has 0 spiro atoms. The van der Waals surface area contributed by atoms with Crippen molar-refractivity contribution in [2.45, 2.75) is 77.8 Å². The summed E-state index contributed by atoms with van der Waals surface area (Å²) in [5.41, 5.74) is 0.584. The zero-order valence-corrected chi connectivity index (χ0v) is 26.2. The third-order valence-electron chi connectivity index (χ3n) is 6.78. The number of nitrogens with one attached hydrogen (secondary N) is 3. The van der Waals surface area contributed by atoms with Crippen LogP contribution in [-0.2, 0) is 41.7 Å². The number of hydrogen-bond donors (Lipinski definition) is 4. The van der Waals surface area contributed by atoms with Gasteiger partial charge in [0.05, 0.1) is 6.42 Å². The van der Waals surface area contributed by atoms with Gasteiger partial charge in [0, 0.05) is 6.42 Å². The molecule has 0 saturated carbocycles. The second-order valence-corrected chi connectivity index (χ2v) is 12.0. The van der Waals surface area contributed by atoms with Gasteiger partial charge in [-0.15, -0.1) is 0 Å². The minimum atomic E-state index is -1.47. The van der Waals surface area contributed by atoms with E-state index in [1.807, 2.05) is 48.5 Å². The molecule has 4 N–H and O–H groups in total. The Bertz CT molecular complexity index is 1490. The Hall–Kier alpha value is -4.93. The van der Waals surface area contributed by atoms with Crippen LogP contribution in [0.25, 0.3) is 10.8 Å². The summed E-state index contributed by atoms with van der Waals surface area (Å²) in [5, 5.41) is 19.0. The number of fused-ring (bicyclic) bond motifs is 1. The Kier molecular flexibility index (Phi) is 12.1. The maximum Gasteiger partial charge on any atom is 0.408 e. The first-order valence-corrected chi connectivity index (χ1v) is 14.7. The van der Waals surface area contributed by atoms with Gasteiger partial charge in [-0.05, 0) is 48.6 Å². The van der Waals surface area contributed by atoms with Crippen LogP contribution < -0.4 is 16.0 Å². The number of carbonyl (C=O) groups is 5. The van der Waals surface area contributed by atoms with Crippen LogP contribution in [0.15, 0.2) is 72.8 Å². The van der Waals surface area contributed by atoms with Crippen molar-refractivity contribution < 1.29 is 38.6 Å². The summed E-state index contributed by atoms with van der Waals surface area (Å²) in [7, 11) is 0. The topological polar surface area (TPSA) is 160 Å². The van der Waals surface area contributed by atoms with E-state index >= 15 is 0 Å². The second kappa shape index (κ2) is 15.7. The Morgan fingerprint density at radius 1 is 0.778 bits per heavy atom. The van der Waals surface area contributed by atoms with E-state index in [0.717, 1.165) is 16.3 Å². The van der Waals surface area contributed by atoms with Crippen LogP contribution in [-0.4, -0.2) is 58.7 Å². The van der Waals surface area contributed by atoms with Crippen molar-refractivity contribution in [2.24, 2.45) is 5.92 Å². The van der Waals surface area contributed by atoms with Gasteiger partial charge in [0.15, 0.2) is 0 Å². The highest BCUT2D eigenvalue weighted by atomic mass is 16.6. The molecule has 1 unspecified atom stereocenters.